The fourth-order valence-electron chi connectivity index (χ4n) is 2.52. The first-order valence-electron chi connectivity index (χ1n) is 6.20. The van der Waals surface area contributed by atoms with E-state index in [2.05, 4.69) is 5.32 Å². The van der Waals surface area contributed by atoms with E-state index in [0.29, 0.717) is 0 Å². The summed E-state index contributed by atoms with van der Waals surface area (Å²) in [6.07, 6.45) is 2.56. The lowest BCUT2D eigenvalue weighted by Gasteiger charge is -2.38. The number of rotatable bonds is 2. The summed E-state index contributed by atoms with van der Waals surface area (Å²) in [7, 11) is 0. The van der Waals surface area contributed by atoms with Crippen LogP contribution < -0.4 is 5.32 Å². The Labute approximate surface area is 96.4 Å². The molecule has 0 spiro atoms. The van der Waals surface area contributed by atoms with Crippen molar-refractivity contribution >= 4 is 5.91 Å². The Bertz CT molecular complexity index is 256. The smallest absolute Gasteiger partial charge is 0.227 e. The Morgan fingerprint density at radius 1 is 1.50 bits per heavy atom. The van der Waals surface area contributed by atoms with E-state index >= 15 is 0 Å². The van der Waals surface area contributed by atoms with Crippen molar-refractivity contribution in [3.8, 4) is 0 Å². The topological polar surface area (TPSA) is 32.3 Å². The average Bonchev–Trinajstić information content (AvgIpc) is 2.83. The highest BCUT2D eigenvalue weighted by Crippen LogP contribution is 2.31. The van der Waals surface area contributed by atoms with Crippen molar-refractivity contribution in [2.75, 3.05) is 32.9 Å². The van der Waals surface area contributed by atoms with Gasteiger partial charge in [0.05, 0.1) is 12.6 Å². The Kier molecular flexibility index (Phi) is 3.47. The van der Waals surface area contributed by atoms with Gasteiger partial charge in [0.1, 0.15) is 0 Å². The van der Waals surface area contributed by atoms with Crippen LogP contribution in [0.4, 0.5) is 4.39 Å². The quantitative estimate of drug-likeness (QED) is 0.770. The van der Waals surface area contributed by atoms with Crippen LogP contribution in [0, 0.1) is 11.3 Å². The first kappa shape index (κ1) is 11.8. The molecule has 0 aromatic carbocycles. The number of piperidine rings is 1. The van der Waals surface area contributed by atoms with Gasteiger partial charge >= 0.3 is 0 Å². The van der Waals surface area contributed by atoms with Crippen LogP contribution in [0.3, 0.4) is 0 Å². The van der Waals surface area contributed by atoms with Crippen LogP contribution in [-0.2, 0) is 4.79 Å². The van der Waals surface area contributed by atoms with Crippen LogP contribution in [0.5, 0.6) is 0 Å². The molecule has 2 aliphatic heterocycles. The highest BCUT2D eigenvalue weighted by Gasteiger charge is 2.34. The van der Waals surface area contributed by atoms with Gasteiger partial charge < -0.3 is 10.2 Å². The summed E-state index contributed by atoms with van der Waals surface area (Å²) in [6, 6.07) is 0. The molecule has 0 radical (unpaired) electrons. The molecule has 0 unspecified atom stereocenters. The summed E-state index contributed by atoms with van der Waals surface area (Å²) in [5, 5.41) is 3.21. The number of carbonyl (C=O) groups is 1. The van der Waals surface area contributed by atoms with Crippen LogP contribution in [0.1, 0.15) is 26.2 Å². The van der Waals surface area contributed by atoms with Crippen molar-refractivity contribution in [2.24, 2.45) is 11.3 Å². The van der Waals surface area contributed by atoms with E-state index < -0.39 is 0 Å². The molecule has 3 nitrogen and oxygen atoms in total. The molecule has 0 saturated carbocycles. The number of hydrogen-bond acceptors (Lipinski definition) is 2. The summed E-state index contributed by atoms with van der Waals surface area (Å²) in [4.78, 5) is 14.0. The van der Waals surface area contributed by atoms with Crippen molar-refractivity contribution in [2.45, 2.75) is 26.2 Å². The minimum absolute atomic E-state index is 0.162. The van der Waals surface area contributed by atoms with Gasteiger partial charge in [-0.25, -0.2) is 0 Å². The van der Waals surface area contributed by atoms with E-state index in [4.69, 9.17) is 0 Å². The number of nitrogens with one attached hydrogen (secondary N) is 1. The second-order valence-electron chi connectivity index (χ2n) is 5.46. The minimum Gasteiger partial charge on any atom is -0.342 e. The maximum atomic E-state index is 12.8. The number of nitrogens with zero attached hydrogens (tertiary/aromatic N) is 1. The lowest BCUT2D eigenvalue weighted by molar-refractivity contribution is -0.137. The van der Waals surface area contributed by atoms with Crippen molar-refractivity contribution < 1.29 is 9.18 Å². The van der Waals surface area contributed by atoms with E-state index in [1.807, 2.05) is 11.8 Å². The normalized spacial score (nSPS) is 29.4. The highest BCUT2D eigenvalue weighted by molar-refractivity contribution is 5.79. The molecule has 4 heteroatoms. The first-order valence-corrected chi connectivity index (χ1v) is 6.20. The van der Waals surface area contributed by atoms with Crippen LogP contribution in [0.2, 0.25) is 0 Å². The Morgan fingerprint density at radius 2 is 2.19 bits per heavy atom. The molecule has 1 amide bonds. The number of amides is 1. The number of alkyl halides is 1. The van der Waals surface area contributed by atoms with Crippen molar-refractivity contribution in [1.82, 2.24) is 10.2 Å². The fourth-order valence-corrected chi connectivity index (χ4v) is 2.52. The van der Waals surface area contributed by atoms with Crippen molar-refractivity contribution in [3.63, 3.8) is 0 Å². The number of halogens is 1. The third-order valence-corrected chi connectivity index (χ3v) is 4.01. The average molecular weight is 228 g/mol. The second-order valence-corrected chi connectivity index (χ2v) is 5.46. The van der Waals surface area contributed by atoms with Gasteiger partial charge in [-0.05, 0) is 31.2 Å². The molecule has 0 aromatic rings. The van der Waals surface area contributed by atoms with Crippen LogP contribution in [0.15, 0.2) is 0 Å². The number of carbonyl (C=O) groups excluding carboxylic acids is 1. The van der Waals surface area contributed by atoms with Gasteiger partial charge in [0.2, 0.25) is 5.91 Å². The monoisotopic (exact) mass is 228 g/mol. The third-order valence-electron chi connectivity index (χ3n) is 4.01. The molecular formula is C12H21FN2O. The number of likely N-dealkylation sites (tertiary alicyclic amines) is 1. The molecule has 2 aliphatic rings. The van der Waals surface area contributed by atoms with E-state index in [1.54, 1.807) is 0 Å². The molecule has 0 aliphatic carbocycles. The maximum Gasteiger partial charge on any atom is 0.227 e. The van der Waals surface area contributed by atoms with Gasteiger partial charge in [-0.1, -0.05) is 6.92 Å². The van der Waals surface area contributed by atoms with Crippen molar-refractivity contribution in [3.05, 3.63) is 0 Å². The Hall–Kier alpha value is -0.640. The molecular weight excluding hydrogens is 207 g/mol. The molecule has 92 valence electrons. The first-order chi connectivity index (χ1) is 7.64. The molecule has 1 atom stereocenters. The van der Waals surface area contributed by atoms with E-state index in [1.165, 1.54) is 0 Å². The predicted molar refractivity (Wildman–Crippen MR) is 60.9 cm³/mol. The third kappa shape index (κ3) is 2.37. The molecule has 0 aromatic heterocycles. The van der Waals surface area contributed by atoms with E-state index in [0.717, 1.165) is 45.4 Å². The predicted octanol–water partition coefficient (Wildman–Crippen LogP) is 1.19. The van der Waals surface area contributed by atoms with Gasteiger partial charge in [-0.15, -0.1) is 0 Å². The summed E-state index contributed by atoms with van der Waals surface area (Å²) in [5.74, 6) is 0.431. The summed E-state index contributed by atoms with van der Waals surface area (Å²) in [5.41, 5.74) is -0.190. The fraction of sp³-hybridized carbons (Fsp3) is 0.917. The summed E-state index contributed by atoms with van der Waals surface area (Å²) < 4.78 is 12.8. The zero-order valence-electron chi connectivity index (χ0n) is 9.97. The largest absolute Gasteiger partial charge is 0.342 e. The SMILES string of the molecule is CC1(CF)CCN(C(=O)[C@@H]2CCNC2)CC1. The lowest BCUT2D eigenvalue weighted by Crippen LogP contribution is -2.45. The number of hydrogen-bond donors (Lipinski definition) is 1. The standard InChI is InChI=1S/C12H21FN2O/c1-12(9-13)3-6-15(7-4-12)11(16)10-2-5-14-8-10/h10,14H,2-9H2,1H3/t10-/m1/s1. The van der Waals surface area contributed by atoms with Gasteiger partial charge in [0.15, 0.2) is 0 Å². The lowest BCUT2D eigenvalue weighted by atomic mass is 9.81. The van der Waals surface area contributed by atoms with E-state index in [9.17, 15) is 9.18 Å². The summed E-state index contributed by atoms with van der Waals surface area (Å²) >= 11 is 0. The highest BCUT2D eigenvalue weighted by atomic mass is 19.1. The Morgan fingerprint density at radius 3 is 2.69 bits per heavy atom. The van der Waals surface area contributed by atoms with Gasteiger partial charge in [-0.2, -0.15) is 0 Å². The van der Waals surface area contributed by atoms with Crippen LogP contribution >= 0.6 is 0 Å². The molecule has 1 N–H and O–H groups in total. The van der Waals surface area contributed by atoms with Crippen LogP contribution in [-0.4, -0.2) is 43.7 Å². The van der Waals surface area contributed by atoms with Gasteiger partial charge in [-0.3, -0.25) is 9.18 Å². The zero-order chi connectivity index (χ0) is 11.6. The van der Waals surface area contributed by atoms with Crippen molar-refractivity contribution in [1.29, 1.82) is 0 Å². The molecule has 0 bridgehead atoms. The van der Waals surface area contributed by atoms with Crippen LogP contribution in [0.25, 0.3) is 0 Å². The molecule has 2 heterocycles. The summed E-state index contributed by atoms with van der Waals surface area (Å²) in [6.45, 7) is 4.94. The van der Waals surface area contributed by atoms with E-state index in [-0.39, 0.29) is 23.9 Å². The van der Waals surface area contributed by atoms with Gasteiger partial charge in [0, 0.05) is 19.6 Å². The molecule has 2 rings (SSSR count). The maximum absolute atomic E-state index is 12.8. The zero-order valence-corrected chi connectivity index (χ0v) is 9.97. The molecule has 2 fully saturated rings. The Balaban J connectivity index is 1.86. The molecule has 2 saturated heterocycles. The molecule has 16 heavy (non-hydrogen) atoms. The minimum atomic E-state index is -0.264. The second kappa shape index (κ2) is 4.70. The van der Waals surface area contributed by atoms with Gasteiger partial charge in [0.25, 0.3) is 0 Å².